The minimum atomic E-state index is 0.399. The van der Waals surface area contributed by atoms with E-state index < -0.39 is 0 Å². The van der Waals surface area contributed by atoms with Gasteiger partial charge in [-0.1, -0.05) is 36.0 Å². The third-order valence-corrected chi connectivity index (χ3v) is 3.89. The number of anilines is 1. The fourth-order valence-corrected chi connectivity index (χ4v) is 2.75. The summed E-state index contributed by atoms with van der Waals surface area (Å²) in [6.45, 7) is 0. The summed E-state index contributed by atoms with van der Waals surface area (Å²) in [6, 6.07) is 5.28. The molecule has 0 bridgehead atoms. The van der Waals surface area contributed by atoms with Gasteiger partial charge >= 0.3 is 0 Å². The molecule has 2 N–H and O–H groups in total. The number of halogens is 1. The summed E-state index contributed by atoms with van der Waals surface area (Å²) in [5.74, 6) is 1.66. The molecule has 1 heterocycles. The Hall–Kier alpha value is -1.55. The van der Waals surface area contributed by atoms with Crippen LogP contribution in [0.25, 0.3) is 11.4 Å². The Morgan fingerprint density at radius 3 is 2.79 bits per heavy atom. The average Bonchev–Trinajstić information content (AvgIpc) is 2.92. The maximum Gasteiger partial charge on any atom is 0.230 e. The third kappa shape index (κ3) is 2.59. The van der Waals surface area contributed by atoms with Crippen LogP contribution >= 0.6 is 11.6 Å². The van der Waals surface area contributed by atoms with Crippen molar-refractivity contribution >= 4 is 17.3 Å². The molecule has 19 heavy (non-hydrogen) atoms. The Bertz CT molecular complexity index is 576. The van der Waals surface area contributed by atoms with Crippen molar-refractivity contribution < 1.29 is 4.52 Å². The number of rotatable bonds is 2. The van der Waals surface area contributed by atoms with Crippen molar-refractivity contribution in [3.05, 3.63) is 29.1 Å². The third-order valence-electron chi connectivity index (χ3n) is 3.65. The molecular formula is C14H16ClN3O. The molecule has 4 nitrogen and oxygen atoms in total. The number of benzene rings is 1. The van der Waals surface area contributed by atoms with Crippen LogP contribution in [0.15, 0.2) is 22.7 Å². The van der Waals surface area contributed by atoms with Gasteiger partial charge in [0.05, 0.1) is 0 Å². The van der Waals surface area contributed by atoms with E-state index in [0.29, 0.717) is 22.5 Å². The highest BCUT2D eigenvalue weighted by Crippen LogP contribution is 2.33. The first-order valence-electron chi connectivity index (χ1n) is 6.63. The first-order chi connectivity index (χ1) is 9.24. The van der Waals surface area contributed by atoms with Crippen molar-refractivity contribution in [2.75, 3.05) is 5.73 Å². The molecule has 1 fully saturated rings. The highest BCUT2D eigenvalue weighted by atomic mass is 35.5. The van der Waals surface area contributed by atoms with Crippen LogP contribution in [0, 0.1) is 0 Å². The van der Waals surface area contributed by atoms with E-state index in [1.165, 1.54) is 19.3 Å². The van der Waals surface area contributed by atoms with Crippen molar-refractivity contribution in [1.82, 2.24) is 10.1 Å². The van der Waals surface area contributed by atoms with Crippen LogP contribution in [0.5, 0.6) is 0 Å². The molecule has 2 aromatic rings. The molecule has 1 aromatic carbocycles. The molecular weight excluding hydrogens is 262 g/mol. The van der Waals surface area contributed by atoms with Gasteiger partial charge in [0, 0.05) is 22.2 Å². The van der Waals surface area contributed by atoms with E-state index in [0.717, 1.165) is 24.3 Å². The van der Waals surface area contributed by atoms with Gasteiger partial charge in [0.2, 0.25) is 11.7 Å². The molecule has 0 atom stereocenters. The van der Waals surface area contributed by atoms with Crippen LogP contribution in [0.1, 0.15) is 43.9 Å². The summed E-state index contributed by atoms with van der Waals surface area (Å²) >= 11 is 5.98. The van der Waals surface area contributed by atoms with E-state index in [-0.39, 0.29) is 0 Å². The molecule has 1 aromatic heterocycles. The van der Waals surface area contributed by atoms with E-state index in [2.05, 4.69) is 10.1 Å². The topological polar surface area (TPSA) is 64.9 Å². The van der Waals surface area contributed by atoms with Gasteiger partial charge in [-0.05, 0) is 31.0 Å². The maximum atomic E-state index is 5.98. The summed E-state index contributed by atoms with van der Waals surface area (Å²) in [7, 11) is 0. The van der Waals surface area contributed by atoms with Crippen molar-refractivity contribution in [2.24, 2.45) is 0 Å². The Morgan fingerprint density at radius 2 is 2.00 bits per heavy atom. The largest absolute Gasteiger partial charge is 0.398 e. The minimum Gasteiger partial charge on any atom is -0.398 e. The minimum absolute atomic E-state index is 0.399. The SMILES string of the molecule is Nc1ccc(Cl)cc1-c1noc(C2CCCCC2)n1. The molecule has 0 amide bonds. The zero-order valence-electron chi connectivity index (χ0n) is 10.6. The normalized spacial score (nSPS) is 16.7. The fraction of sp³-hybridized carbons (Fsp3) is 0.429. The Labute approximate surface area is 117 Å². The average molecular weight is 278 g/mol. The summed E-state index contributed by atoms with van der Waals surface area (Å²) < 4.78 is 5.39. The molecule has 5 heteroatoms. The van der Waals surface area contributed by atoms with Gasteiger partial charge in [0.1, 0.15) is 0 Å². The quantitative estimate of drug-likeness (QED) is 0.842. The van der Waals surface area contributed by atoms with Crippen LogP contribution in [0.4, 0.5) is 5.69 Å². The Balaban J connectivity index is 1.89. The van der Waals surface area contributed by atoms with Crippen LogP contribution in [0.2, 0.25) is 5.02 Å². The van der Waals surface area contributed by atoms with E-state index in [1.807, 2.05) is 0 Å². The number of nitrogens with zero attached hydrogens (tertiary/aromatic N) is 2. The van der Waals surface area contributed by atoms with E-state index in [1.54, 1.807) is 18.2 Å². The van der Waals surface area contributed by atoms with Crippen molar-refractivity contribution in [3.8, 4) is 11.4 Å². The van der Waals surface area contributed by atoms with Crippen LogP contribution in [-0.2, 0) is 0 Å². The van der Waals surface area contributed by atoms with E-state index >= 15 is 0 Å². The van der Waals surface area contributed by atoms with Gasteiger partial charge in [-0.25, -0.2) is 0 Å². The molecule has 0 unspecified atom stereocenters. The molecule has 0 aliphatic heterocycles. The highest BCUT2D eigenvalue weighted by Gasteiger charge is 2.22. The molecule has 0 saturated heterocycles. The lowest BCUT2D eigenvalue weighted by atomic mass is 9.89. The summed E-state index contributed by atoms with van der Waals surface area (Å²) in [5.41, 5.74) is 7.27. The number of nitrogens with two attached hydrogens (primary N) is 1. The van der Waals surface area contributed by atoms with Crippen molar-refractivity contribution in [1.29, 1.82) is 0 Å². The molecule has 0 spiro atoms. The van der Waals surface area contributed by atoms with Gasteiger partial charge in [0.25, 0.3) is 0 Å². The van der Waals surface area contributed by atoms with Crippen molar-refractivity contribution in [3.63, 3.8) is 0 Å². The highest BCUT2D eigenvalue weighted by molar-refractivity contribution is 6.31. The monoisotopic (exact) mass is 277 g/mol. The fourth-order valence-electron chi connectivity index (χ4n) is 2.58. The van der Waals surface area contributed by atoms with Crippen LogP contribution in [-0.4, -0.2) is 10.1 Å². The van der Waals surface area contributed by atoms with Crippen molar-refractivity contribution in [2.45, 2.75) is 38.0 Å². The Morgan fingerprint density at radius 1 is 1.21 bits per heavy atom. The van der Waals surface area contributed by atoms with E-state index in [9.17, 15) is 0 Å². The molecule has 1 aliphatic carbocycles. The first kappa shape index (κ1) is 12.5. The van der Waals surface area contributed by atoms with Crippen LogP contribution < -0.4 is 5.73 Å². The molecule has 0 radical (unpaired) electrons. The van der Waals surface area contributed by atoms with E-state index in [4.69, 9.17) is 21.9 Å². The van der Waals surface area contributed by atoms with Gasteiger partial charge in [-0.15, -0.1) is 0 Å². The summed E-state index contributed by atoms with van der Waals surface area (Å²) in [6.07, 6.45) is 6.04. The zero-order valence-corrected chi connectivity index (χ0v) is 11.4. The summed E-state index contributed by atoms with van der Waals surface area (Å²) in [5, 5.41) is 4.66. The summed E-state index contributed by atoms with van der Waals surface area (Å²) in [4.78, 5) is 4.49. The standard InChI is InChI=1S/C14H16ClN3O/c15-10-6-7-12(16)11(8-10)13-17-14(19-18-13)9-4-2-1-3-5-9/h6-9H,1-5,16H2. The number of hydrogen-bond donors (Lipinski definition) is 1. The number of aromatic nitrogens is 2. The van der Waals surface area contributed by atoms with Gasteiger partial charge < -0.3 is 10.3 Å². The molecule has 3 rings (SSSR count). The van der Waals surface area contributed by atoms with Gasteiger partial charge in [0.15, 0.2) is 0 Å². The molecule has 100 valence electrons. The second-order valence-electron chi connectivity index (χ2n) is 5.02. The first-order valence-corrected chi connectivity index (χ1v) is 7.01. The number of nitrogen functional groups attached to an aromatic ring is 1. The van der Waals surface area contributed by atoms with Gasteiger partial charge in [-0.2, -0.15) is 4.98 Å². The predicted molar refractivity (Wildman–Crippen MR) is 75.0 cm³/mol. The number of hydrogen-bond acceptors (Lipinski definition) is 4. The zero-order chi connectivity index (χ0) is 13.2. The van der Waals surface area contributed by atoms with Gasteiger partial charge in [-0.3, -0.25) is 0 Å². The van der Waals surface area contributed by atoms with Crippen LogP contribution in [0.3, 0.4) is 0 Å². The second kappa shape index (κ2) is 5.21. The smallest absolute Gasteiger partial charge is 0.230 e. The Kier molecular flexibility index (Phi) is 3.42. The lowest BCUT2D eigenvalue weighted by Gasteiger charge is -2.17. The lowest BCUT2D eigenvalue weighted by molar-refractivity contribution is 0.314. The lowest BCUT2D eigenvalue weighted by Crippen LogP contribution is -2.04. The maximum absolute atomic E-state index is 5.98. The molecule has 1 saturated carbocycles. The second-order valence-corrected chi connectivity index (χ2v) is 5.46. The predicted octanol–water partition coefficient (Wildman–Crippen LogP) is 4.02. The molecule has 1 aliphatic rings.